The van der Waals surface area contributed by atoms with Gasteiger partial charge in [-0.25, -0.2) is 24.6 Å². The summed E-state index contributed by atoms with van der Waals surface area (Å²) >= 11 is 0. The smallest absolute Gasteiger partial charge is 0.259 e. The Kier molecular flexibility index (Phi) is 10.0. The van der Waals surface area contributed by atoms with E-state index in [2.05, 4.69) is 63.3 Å². The number of morpholine rings is 1. The lowest BCUT2D eigenvalue weighted by Gasteiger charge is -2.40. The minimum Gasteiger partial charge on any atom is -0.379 e. The molecule has 0 radical (unpaired) electrons. The molecule has 230 valence electrons. The molecule has 3 fully saturated rings. The molecule has 2 bridgehead atoms. The third-order valence-electron chi connectivity index (χ3n) is 7.46. The molecule has 3 unspecified atom stereocenters. The third-order valence-corrected chi connectivity index (χ3v) is 9.57. The van der Waals surface area contributed by atoms with E-state index in [1.54, 1.807) is 12.7 Å². The van der Waals surface area contributed by atoms with Gasteiger partial charge in [0.05, 0.1) is 51.6 Å². The molecule has 0 spiro atoms. The number of rotatable bonds is 13. The summed E-state index contributed by atoms with van der Waals surface area (Å²) in [5.41, 5.74) is 0.437. The van der Waals surface area contributed by atoms with Crippen LogP contribution >= 0.6 is 8.53 Å². The van der Waals surface area contributed by atoms with Crippen LogP contribution < -0.4 is 0 Å². The van der Waals surface area contributed by atoms with Gasteiger partial charge in [0.15, 0.2) is 23.2 Å². The minimum absolute atomic E-state index is 0.167. The van der Waals surface area contributed by atoms with Crippen molar-refractivity contribution in [2.45, 2.75) is 70.2 Å². The predicted octanol–water partition coefficient (Wildman–Crippen LogP) is 2.71. The highest BCUT2D eigenvalue weighted by Gasteiger charge is 2.64. The van der Waals surface area contributed by atoms with Gasteiger partial charge in [-0.2, -0.15) is 5.26 Å². The molecular formula is C27H42N9O5P. The molecule has 15 heteroatoms. The second-order valence-electron chi connectivity index (χ2n) is 11.5. The van der Waals surface area contributed by atoms with Crippen molar-refractivity contribution < 1.29 is 23.3 Å². The lowest BCUT2D eigenvalue weighted by atomic mass is 9.98. The maximum absolute atomic E-state index is 9.18. The van der Waals surface area contributed by atoms with Gasteiger partial charge in [0.2, 0.25) is 0 Å². The molecule has 42 heavy (non-hydrogen) atoms. The summed E-state index contributed by atoms with van der Waals surface area (Å²) in [6.07, 6.45) is 3.78. The van der Waals surface area contributed by atoms with Crippen molar-refractivity contribution >= 4 is 31.8 Å². The Labute approximate surface area is 248 Å². The number of hydrogen-bond donors (Lipinski definition) is 0. The zero-order valence-corrected chi connectivity index (χ0v) is 26.2. The van der Waals surface area contributed by atoms with Crippen molar-refractivity contribution in [2.75, 3.05) is 60.2 Å². The molecule has 0 saturated carbocycles. The highest BCUT2D eigenvalue weighted by atomic mass is 31.2. The molecule has 5 heterocycles. The first-order chi connectivity index (χ1) is 20.2. The van der Waals surface area contributed by atoms with Crippen LogP contribution in [0.1, 0.15) is 40.3 Å². The van der Waals surface area contributed by atoms with Crippen LogP contribution in [0.3, 0.4) is 0 Å². The summed E-state index contributed by atoms with van der Waals surface area (Å²) < 4.78 is 36.4. The van der Waals surface area contributed by atoms with Crippen molar-refractivity contribution in [3.8, 4) is 6.07 Å². The van der Waals surface area contributed by atoms with E-state index in [-0.39, 0.29) is 25.1 Å². The second kappa shape index (κ2) is 13.5. The molecule has 0 N–H and O–H groups in total. The molecule has 0 aliphatic carbocycles. The Morgan fingerprint density at radius 2 is 1.98 bits per heavy atom. The van der Waals surface area contributed by atoms with E-state index < -0.39 is 32.6 Å². The first-order valence-corrected chi connectivity index (χ1v) is 15.6. The molecule has 2 aromatic rings. The Hall–Kier alpha value is -2.34. The highest BCUT2D eigenvalue weighted by molar-refractivity contribution is 7.44. The van der Waals surface area contributed by atoms with Crippen LogP contribution in [0, 0.1) is 11.3 Å². The topological polar surface area (TPSA) is 136 Å². The Morgan fingerprint density at radius 3 is 2.67 bits per heavy atom. The normalized spacial score (nSPS) is 27.2. The van der Waals surface area contributed by atoms with Crippen molar-refractivity contribution in [3.05, 3.63) is 12.7 Å². The number of hydrogen-bond acceptors (Lipinski definition) is 12. The van der Waals surface area contributed by atoms with Gasteiger partial charge in [0, 0.05) is 45.8 Å². The summed E-state index contributed by atoms with van der Waals surface area (Å²) in [6, 6.07) is 2.51. The third kappa shape index (κ3) is 6.44. The van der Waals surface area contributed by atoms with E-state index in [0.717, 1.165) is 13.1 Å². The van der Waals surface area contributed by atoms with Crippen molar-refractivity contribution in [2.24, 2.45) is 4.99 Å². The van der Waals surface area contributed by atoms with E-state index in [1.165, 1.54) is 6.33 Å². The van der Waals surface area contributed by atoms with Gasteiger partial charge < -0.3 is 28.2 Å². The molecule has 3 saturated heterocycles. The summed E-state index contributed by atoms with van der Waals surface area (Å²) in [5, 5.41) is 9.18. The van der Waals surface area contributed by atoms with Crippen LogP contribution in [-0.4, -0.2) is 130 Å². The van der Waals surface area contributed by atoms with Crippen molar-refractivity contribution in [1.29, 1.82) is 5.26 Å². The zero-order valence-electron chi connectivity index (χ0n) is 25.3. The molecule has 2 aromatic heterocycles. The van der Waals surface area contributed by atoms with Crippen LogP contribution in [0.15, 0.2) is 17.6 Å². The van der Waals surface area contributed by atoms with E-state index >= 15 is 0 Å². The first-order valence-electron chi connectivity index (χ1n) is 14.5. The summed E-state index contributed by atoms with van der Waals surface area (Å²) in [7, 11) is 2.28. The number of nitrogens with zero attached hydrogens (tertiary/aromatic N) is 9. The lowest BCUT2D eigenvalue weighted by molar-refractivity contribution is -0.181. The molecule has 0 aromatic carbocycles. The second-order valence-corrected chi connectivity index (χ2v) is 12.9. The highest BCUT2D eigenvalue weighted by Crippen LogP contribution is 2.55. The van der Waals surface area contributed by atoms with Crippen LogP contribution in [0.2, 0.25) is 0 Å². The number of fused-ring (bicyclic) bond motifs is 3. The predicted molar refractivity (Wildman–Crippen MR) is 157 cm³/mol. The van der Waals surface area contributed by atoms with Gasteiger partial charge in [-0.1, -0.05) is 0 Å². The van der Waals surface area contributed by atoms with Gasteiger partial charge in [0.25, 0.3) is 8.53 Å². The fraction of sp³-hybridized carbons (Fsp3) is 0.741. The number of aliphatic imine (C=N–C) groups is 1. The monoisotopic (exact) mass is 603 g/mol. The van der Waals surface area contributed by atoms with E-state index in [1.807, 2.05) is 23.6 Å². The average molecular weight is 604 g/mol. The fourth-order valence-corrected chi connectivity index (χ4v) is 7.52. The number of imidazole rings is 1. The van der Waals surface area contributed by atoms with Crippen LogP contribution in [-0.2, 0) is 23.3 Å². The van der Waals surface area contributed by atoms with E-state index in [9.17, 15) is 5.26 Å². The molecule has 3 aliphatic heterocycles. The molecular weight excluding hydrogens is 561 g/mol. The molecule has 14 nitrogen and oxygen atoms in total. The van der Waals surface area contributed by atoms with Gasteiger partial charge in [-0.15, -0.1) is 0 Å². The molecule has 5 atom stereocenters. The fourth-order valence-electron chi connectivity index (χ4n) is 5.71. The van der Waals surface area contributed by atoms with E-state index in [4.69, 9.17) is 23.3 Å². The standard InChI is InChI=1S/C27H42N9O5P/c1-19(2)36(20(3)4)42(39-11-7-8-28)41-23-22-26(40-27(23,15-38-22)14-34-9-12-37-13-10-34)35-18-31-21-24(32-17-33(5)6)29-16-30-25(21)35/h16-20,22-23,26H,7,9-15H2,1-6H3/b32-17+/t22?,23?,26-,27+,42?/m1/s1. The Balaban J connectivity index is 1.49. The maximum atomic E-state index is 9.18. The Morgan fingerprint density at radius 1 is 1.21 bits per heavy atom. The first kappa shape index (κ1) is 31.1. The van der Waals surface area contributed by atoms with Crippen LogP contribution in [0.25, 0.3) is 11.2 Å². The summed E-state index contributed by atoms with van der Waals surface area (Å²) in [5.74, 6) is 0.478. The zero-order chi connectivity index (χ0) is 29.9. The van der Waals surface area contributed by atoms with Gasteiger partial charge in [-0.3, -0.25) is 9.47 Å². The van der Waals surface area contributed by atoms with Gasteiger partial charge >= 0.3 is 0 Å². The minimum atomic E-state index is -1.52. The van der Waals surface area contributed by atoms with Gasteiger partial charge in [-0.05, 0) is 27.7 Å². The maximum Gasteiger partial charge on any atom is 0.259 e. The average Bonchev–Trinajstić information content (AvgIpc) is 3.61. The number of nitriles is 1. The molecule has 3 aliphatic rings. The molecule has 5 rings (SSSR count). The summed E-state index contributed by atoms with van der Waals surface area (Å²) in [4.78, 5) is 22.1. The van der Waals surface area contributed by atoms with E-state index in [0.29, 0.717) is 43.3 Å². The van der Waals surface area contributed by atoms with Crippen LogP contribution in [0.5, 0.6) is 0 Å². The number of aromatic nitrogens is 4. The number of ether oxygens (including phenoxy) is 3. The van der Waals surface area contributed by atoms with Crippen molar-refractivity contribution in [1.82, 2.24) is 34.0 Å². The molecule has 0 amide bonds. The van der Waals surface area contributed by atoms with Gasteiger partial charge in [0.1, 0.15) is 24.1 Å². The van der Waals surface area contributed by atoms with Crippen molar-refractivity contribution in [3.63, 3.8) is 0 Å². The quantitative estimate of drug-likeness (QED) is 0.144. The van der Waals surface area contributed by atoms with Crippen LogP contribution in [0.4, 0.5) is 5.82 Å². The SMILES string of the molecule is CC(C)N(C(C)C)P(OCCC#N)OC1C2OC[C@]1(CN1CCOCC1)O[C@H]2n1cnc2c(/N=C/N(C)C)ncnc21. The lowest BCUT2D eigenvalue weighted by Crippen LogP contribution is -2.53. The largest absolute Gasteiger partial charge is 0.379 e. The Bertz CT molecular complexity index is 1260. The summed E-state index contributed by atoms with van der Waals surface area (Å²) in [6.45, 7) is 12.8.